The summed E-state index contributed by atoms with van der Waals surface area (Å²) < 4.78 is 0. The van der Waals surface area contributed by atoms with Crippen molar-refractivity contribution < 1.29 is 9.90 Å². The first kappa shape index (κ1) is 18.0. The Balaban J connectivity index is 2.15. The summed E-state index contributed by atoms with van der Waals surface area (Å²) in [5.41, 5.74) is 2.92. The SMILES string of the molecule is Cc1cccc(NC(=O)/C(C#N)=C\N2CCCCC2CCO)c1C. The minimum Gasteiger partial charge on any atom is -0.396 e. The smallest absolute Gasteiger partial charge is 0.267 e. The second-order valence-corrected chi connectivity index (χ2v) is 6.26. The average Bonchev–Trinajstić information content (AvgIpc) is 2.58. The Morgan fingerprint density at radius 2 is 2.25 bits per heavy atom. The molecule has 1 atom stereocenters. The highest BCUT2D eigenvalue weighted by Crippen LogP contribution is 2.22. The van der Waals surface area contributed by atoms with Crippen LogP contribution in [0.25, 0.3) is 0 Å². The van der Waals surface area contributed by atoms with Gasteiger partial charge in [-0.15, -0.1) is 0 Å². The molecule has 128 valence electrons. The number of aryl methyl sites for hydroxylation is 1. The Kier molecular flexibility index (Phi) is 6.39. The van der Waals surface area contributed by atoms with E-state index in [0.717, 1.165) is 42.6 Å². The standard InChI is InChI=1S/C19H25N3O2/c1-14-6-5-8-18(15(14)2)21-19(24)16(12-20)13-22-10-4-3-7-17(22)9-11-23/h5-6,8,13,17,23H,3-4,7,9-11H2,1-2H3,(H,21,24)/b16-13-. The van der Waals surface area contributed by atoms with Gasteiger partial charge in [-0.05, 0) is 56.7 Å². The van der Waals surface area contributed by atoms with Crippen molar-refractivity contribution in [1.29, 1.82) is 5.26 Å². The fourth-order valence-electron chi connectivity index (χ4n) is 3.03. The fourth-order valence-corrected chi connectivity index (χ4v) is 3.03. The number of anilines is 1. The van der Waals surface area contributed by atoms with E-state index in [1.165, 1.54) is 0 Å². The molecule has 0 radical (unpaired) electrons. The van der Waals surface area contributed by atoms with Crippen molar-refractivity contribution in [3.05, 3.63) is 41.1 Å². The van der Waals surface area contributed by atoms with Gasteiger partial charge >= 0.3 is 0 Å². The molecule has 1 aliphatic rings. The van der Waals surface area contributed by atoms with Crippen LogP contribution < -0.4 is 5.32 Å². The van der Waals surface area contributed by atoms with Gasteiger partial charge in [0.15, 0.2) is 0 Å². The Morgan fingerprint density at radius 1 is 1.46 bits per heavy atom. The van der Waals surface area contributed by atoms with E-state index in [4.69, 9.17) is 0 Å². The number of nitrogens with one attached hydrogen (secondary N) is 1. The Hall–Kier alpha value is -2.32. The van der Waals surface area contributed by atoms with E-state index in [2.05, 4.69) is 5.32 Å². The molecule has 5 nitrogen and oxygen atoms in total. The van der Waals surface area contributed by atoms with Crippen LogP contribution in [0, 0.1) is 25.2 Å². The monoisotopic (exact) mass is 327 g/mol. The van der Waals surface area contributed by atoms with Crippen molar-refractivity contribution in [2.45, 2.75) is 45.6 Å². The van der Waals surface area contributed by atoms with Crippen molar-refractivity contribution in [3.8, 4) is 6.07 Å². The summed E-state index contributed by atoms with van der Waals surface area (Å²) in [4.78, 5) is 14.5. The van der Waals surface area contributed by atoms with Crippen LogP contribution in [0.2, 0.25) is 0 Å². The Bertz CT molecular complexity index is 659. The van der Waals surface area contributed by atoms with Crippen molar-refractivity contribution in [3.63, 3.8) is 0 Å². The summed E-state index contributed by atoms with van der Waals surface area (Å²) >= 11 is 0. The van der Waals surface area contributed by atoms with Crippen LogP contribution in [0.15, 0.2) is 30.0 Å². The lowest BCUT2D eigenvalue weighted by Gasteiger charge is -2.34. The molecule has 0 aromatic heterocycles. The van der Waals surface area contributed by atoms with Crippen LogP contribution in [0.4, 0.5) is 5.69 Å². The number of nitrogens with zero attached hydrogens (tertiary/aromatic N) is 2. The van der Waals surface area contributed by atoms with Crippen molar-refractivity contribution in [2.24, 2.45) is 0 Å². The van der Waals surface area contributed by atoms with Gasteiger partial charge in [0.2, 0.25) is 0 Å². The number of aliphatic hydroxyl groups is 1. The molecule has 0 bridgehead atoms. The topological polar surface area (TPSA) is 76.4 Å². The van der Waals surface area contributed by atoms with Gasteiger partial charge < -0.3 is 15.3 Å². The summed E-state index contributed by atoms with van der Waals surface area (Å²) in [5, 5.41) is 21.4. The third-order valence-corrected chi connectivity index (χ3v) is 4.65. The van der Waals surface area contributed by atoms with Crippen molar-refractivity contribution in [1.82, 2.24) is 4.90 Å². The Labute approximate surface area is 143 Å². The van der Waals surface area contributed by atoms with Crippen molar-refractivity contribution in [2.75, 3.05) is 18.5 Å². The molecule has 1 saturated heterocycles. The summed E-state index contributed by atoms with van der Waals surface area (Å²) in [6.45, 7) is 4.86. The predicted molar refractivity (Wildman–Crippen MR) is 94.3 cm³/mol. The highest BCUT2D eigenvalue weighted by Gasteiger charge is 2.21. The number of amides is 1. The van der Waals surface area contributed by atoms with Crippen LogP contribution in [0.3, 0.4) is 0 Å². The number of piperidine rings is 1. The van der Waals surface area contributed by atoms with Crippen LogP contribution in [-0.4, -0.2) is 35.1 Å². The maximum Gasteiger partial charge on any atom is 0.267 e. The van der Waals surface area contributed by atoms with Gasteiger partial charge in [0.1, 0.15) is 11.6 Å². The highest BCUT2D eigenvalue weighted by molar-refractivity contribution is 6.06. The van der Waals surface area contributed by atoms with Gasteiger partial charge in [-0.3, -0.25) is 4.79 Å². The molecule has 1 aromatic rings. The van der Waals surface area contributed by atoms with Gasteiger partial charge in [0.25, 0.3) is 5.91 Å². The number of hydrogen-bond acceptors (Lipinski definition) is 4. The van der Waals surface area contributed by atoms with E-state index in [1.54, 1.807) is 6.20 Å². The molecule has 2 rings (SSSR count). The summed E-state index contributed by atoms with van der Waals surface area (Å²) in [5.74, 6) is -0.389. The van der Waals surface area contributed by atoms with Gasteiger partial charge in [-0.2, -0.15) is 5.26 Å². The van der Waals surface area contributed by atoms with Gasteiger partial charge in [0.05, 0.1) is 0 Å². The molecule has 0 spiro atoms. The average molecular weight is 327 g/mol. The van der Waals surface area contributed by atoms with E-state index in [1.807, 2.05) is 43.0 Å². The zero-order valence-corrected chi connectivity index (χ0v) is 14.4. The molecule has 0 saturated carbocycles. The first-order chi connectivity index (χ1) is 11.6. The highest BCUT2D eigenvalue weighted by atomic mass is 16.3. The van der Waals surface area contributed by atoms with Gasteiger partial charge in [-0.25, -0.2) is 0 Å². The lowest BCUT2D eigenvalue weighted by atomic mass is 10.00. The van der Waals surface area contributed by atoms with Crippen LogP contribution in [0.1, 0.15) is 36.8 Å². The van der Waals surface area contributed by atoms with Crippen LogP contribution >= 0.6 is 0 Å². The normalized spacial score (nSPS) is 18.2. The number of nitriles is 1. The van der Waals surface area contributed by atoms with Gasteiger partial charge in [0, 0.05) is 31.1 Å². The molecular weight excluding hydrogens is 302 g/mol. The predicted octanol–water partition coefficient (Wildman–Crippen LogP) is 2.89. The molecule has 1 aromatic carbocycles. The van der Waals surface area contributed by atoms with E-state index >= 15 is 0 Å². The molecule has 0 aliphatic carbocycles. The third kappa shape index (κ3) is 4.36. The minimum atomic E-state index is -0.389. The van der Waals surface area contributed by atoms with E-state index in [9.17, 15) is 15.2 Å². The number of hydrogen-bond donors (Lipinski definition) is 2. The lowest BCUT2D eigenvalue weighted by molar-refractivity contribution is -0.112. The quantitative estimate of drug-likeness (QED) is 0.644. The fraction of sp³-hybridized carbons (Fsp3) is 0.474. The Morgan fingerprint density at radius 3 is 2.96 bits per heavy atom. The lowest BCUT2D eigenvalue weighted by Crippen LogP contribution is -2.37. The summed E-state index contributed by atoms with van der Waals surface area (Å²) in [6.07, 6.45) is 5.45. The second-order valence-electron chi connectivity index (χ2n) is 6.26. The molecule has 1 amide bonds. The van der Waals surface area contributed by atoms with E-state index in [-0.39, 0.29) is 24.1 Å². The maximum atomic E-state index is 12.5. The number of aliphatic hydroxyl groups excluding tert-OH is 1. The summed E-state index contributed by atoms with van der Waals surface area (Å²) in [7, 11) is 0. The molecule has 5 heteroatoms. The number of carbonyl (C=O) groups excluding carboxylic acids is 1. The molecular formula is C19H25N3O2. The number of carbonyl (C=O) groups is 1. The zero-order valence-electron chi connectivity index (χ0n) is 14.4. The summed E-state index contributed by atoms with van der Waals surface area (Å²) in [6, 6.07) is 7.91. The first-order valence-corrected chi connectivity index (χ1v) is 8.43. The molecule has 1 fully saturated rings. The zero-order chi connectivity index (χ0) is 17.5. The second kappa shape index (κ2) is 8.51. The number of benzene rings is 1. The molecule has 1 unspecified atom stereocenters. The molecule has 1 aliphatic heterocycles. The molecule has 2 N–H and O–H groups in total. The molecule has 1 heterocycles. The van der Waals surface area contributed by atoms with Crippen molar-refractivity contribution >= 4 is 11.6 Å². The minimum absolute atomic E-state index is 0.0979. The molecule has 24 heavy (non-hydrogen) atoms. The van der Waals surface area contributed by atoms with Crippen LogP contribution in [-0.2, 0) is 4.79 Å². The third-order valence-electron chi connectivity index (χ3n) is 4.65. The largest absolute Gasteiger partial charge is 0.396 e. The maximum absolute atomic E-state index is 12.5. The van der Waals surface area contributed by atoms with Crippen LogP contribution in [0.5, 0.6) is 0 Å². The first-order valence-electron chi connectivity index (χ1n) is 8.43. The van der Waals surface area contributed by atoms with E-state index in [0.29, 0.717) is 6.42 Å². The number of likely N-dealkylation sites (tertiary alicyclic amines) is 1. The number of rotatable bonds is 5. The van der Waals surface area contributed by atoms with E-state index < -0.39 is 0 Å². The van der Waals surface area contributed by atoms with Gasteiger partial charge in [-0.1, -0.05) is 12.1 Å².